The minimum absolute atomic E-state index is 0.0580. The summed E-state index contributed by atoms with van der Waals surface area (Å²) in [4.78, 5) is 50.1. The van der Waals surface area contributed by atoms with Gasteiger partial charge in [-0.1, -0.05) is 19.3 Å². The van der Waals surface area contributed by atoms with Gasteiger partial charge in [0.05, 0.1) is 0 Å². The number of nitrogens with zero attached hydrogens (tertiary/aromatic N) is 4. The van der Waals surface area contributed by atoms with E-state index in [0.717, 1.165) is 24.3 Å². The fourth-order valence-corrected chi connectivity index (χ4v) is 3.19. The van der Waals surface area contributed by atoms with Crippen molar-refractivity contribution in [2.24, 2.45) is 0 Å². The topological polar surface area (TPSA) is 139 Å². The normalized spacial score (nSPS) is 19.1. The number of rotatable bonds is 5. The summed E-state index contributed by atoms with van der Waals surface area (Å²) in [6.45, 7) is 0.140. The molecular weight excluding hydrogens is 332 g/mol. The molecule has 1 saturated heterocycles. The molecule has 1 saturated carbocycles. The predicted molar refractivity (Wildman–Crippen MR) is 82.8 cm³/mol. The van der Waals surface area contributed by atoms with Crippen LogP contribution in [0.25, 0.3) is 0 Å². The van der Waals surface area contributed by atoms with Crippen molar-refractivity contribution < 1.29 is 19.3 Å². The van der Waals surface area contributed by atoms with E-state index in [0.29, 0.717) is 12.8 Å². The molecular formula is C14H18N6O5. The Hall–Kier alpha value is -2.98. The molecule has 1 aromatic heterocycles. The molecule has 0 atom stereocenters. The van der Waals surface area contributed by atoms with Gasteiger partial charge < -0.3 is 20.0 Å². The van der Waals surface area contributed by atoms with Crippen molar-refractivity contribution in [3.63, 3.8) is 0 Å². The number of aryl methyl sites for hydroxylation is 1. The molecule has 0 aromatic carbocycles. The van der Waals surface area contributed by atoms with Crippen molar-refractivity contribution in [1.82, 2.24) is 25.3 Å². The number of nitro groups is 1. The smallest absolute Gasteiger partial charge is 0.358 e. The van der Waals surface area contributed by atoms with Gasteiger partial charge in [-0.25, -0.2) is 4.79 Å². The minimum atomic E-state index is -0.895. The van der Waals surface area contributed by atoms with Gasteiger partial charge >= 0.3 is 11.8 Å². The Morgan fingerprint density at radius 1 is 1.36 bits per heavy atom. The van der Waals surface area contributed by atoms with Crippen molar-refractivity contribution >= 4 is 23.7 Å². The number of imide groups is 1. The van der Waals surface area contributed by atoms with Crippen LogP contribution in [-0.2, 0) is 16.1 Å². The second-order valence-electron chi connectivity index (χ2n) is 6.23. The van der Waals surface area contributed by atoms with Crippen molar-refractivity contribution in [3.05, 3.63) is 22.6 Å². The van der Waals surface area contributed by atoms with Gasteiger partial charge in [0.2, 0.25) is 12.2 Å². The number of hydrogen-bond donors (Lipinski definition) is 2. The van der Waals surface area contributed by atoms with E-state index in [1.165, 1.54) is 17.1 Å². The first-order valence-electron chi connectivity index (χ1n) is 8.04. The Morgan fingerprint density at radius 2 is 2.08 bits per heavy atom. The highest BCUT2D eigenvalue weighted by Crippen LogP contribution is 2.32. The summed E-state index contributed by atoms with van der Waals surface area (Å²) in [6.07, 6.45) is 6.27. The van der Waals surface area contributed by atoms with Gasteiger partial charge in [-0.05, 0) is 22.7 Å². The number of imidazole rings is 1. The molecule has 4 amide bonds. The van der Waals surface area contributed by atoms with Gasteiger partial charge in [-0.15, -0.1) is 0 Å². The van der Waals surface area contributed by atoms with Crippen molar-refractivity contribution in [2.45, 2.75) is 50.6 Å². The molecule has 11 nitrogen and oxygen atoms in total. The first-order chi connectivity index (χ1) is 11.9. The first kappa shape index (κ1) is 16.9. The lowest BCUT2D eigenvalue weighted by Gasteiger charge is -2.30. The third kappa shape index (κ3) is 3.30. The lowest BCUT2D eigenvalue weighted by atomic mass is 9.82. The van der Waals surface area contributed by atoms with Crippen molar-refractivity contribution in [2.75, 3.05) is 0 Å². The molecule has 2 fully saturated rings. The standard InChI is InChI=1S/C14H18N6O5/c21-11(4-7-18-8-10(15-9-18)20(24)25)17-19-12(22)14(16-13(19)23)5-2-1-3-6-14/h8-9H,1-7H2,(H,16,23)(H,17,21). The van der Waals surface area contributed by atoms with Gasteiger partial charge in [0.15, 0.2) is 0 Å². The summed E-state index contributed by atoms with van der Waals surface area (Å²) in [5.41, 5.74) is 1.42. The van der Waals surface area contributed by atoms with Crippen LogP contribution in [0.2, 0.25) is 0 Å². The molecule has 1 aliphatic carbocycles. The number of carbonyl (C=O) groups excluding carboxylic acids is 3. The van der Waals surface area contributed by atoms with Crippen LogP contribution in [0.1, 0.15) is 38.5 Å². The van der Waals surface area contributed by atoms with E-state index in [2.05, 4.69) is 15.7 Å². The molecule has 1 spiro atoms. The molecule has 134 valence electrons. The molecule has 2 heterocycles. The molecule has 11 heteroatoms. The Labute approximate surface area is 142 Å². The number of amides is 4. The molecule has 25 heavy (non-hydrogen) atoms. The Bertz CT molecular complexity index is 723. The molecule has 3 rings (SSSR count). The Morgan fingerprint density at radius 3 is 2.72 bits per heavy atom. The molecule has 0 bridgehead atoms. The second kappa shape index (κ2) is 6.49. The number of nitrogens with one attached hydrogen (secondary N) is 2. The van der Waals surface area contributed by atoms with Gasteiger partial charge in [0.1, 0.15) is 11.7 Å². The maximum atomic E-state index is 12.5. The van der Waals surface area contributed by atoms with Crippen molar-refractivity contribution in [3.8, 4) is 0 Å². The number of carbonyl (C=O) groups is 3. The van der Waals surface area contributed by atoms with Crippen LogP contribution in [0.15, 0.2) is 12.5 Å². The zero-order valence-corrected chi connectivity index (χ0v) is 13.4. The maximum Gasteiger partial charge on any atom is 0.381 e. The average Bonchev–Trinajstić information content (AvgIpc) is 3.14. The van der Waals surface area contributed by atoms with E-state index in [4.69, 9.17) is 0 Å². The van der Waals surface area contributed by atoms with E-state index in [9.17, 15) is 24.5 Å². The van der Waals surface area contributed by atoms with E-state index >= 15 is 0 Å². The minimum Gasteiger partial charge on any atom is -0.358 e. The monoisotopic (exact) mass is 350 g/mol. The zero-order chi connectivity index (χ0) is 18.0. The maximum absolute atomic E-state index is 12.5. The molecule has 2 N–H and O–H groups in total. The van der Waals surface area contributed by atoms with Crippen LogP contribution in [0.4, 0.5) is 10.6 Å². The van der Waals surface area contributed by atoms with Crippen LogP contribution >= 0.6 is 0 Å². The number of hydrazine groups is 1. The highest BCUT2D eigenvalue weighted by atomic mass is 16.6. The predicted octanol–water partition coefficient (Wildman–Crippen LogP) is 0.467. The highest BCUT2D eigenvalue weighted by Gasteiger charge is 2.52. The number of urea groups is 1. The summed E-state index contributed by atoms with van der Waals surface area (Å²) in [5.74, 6) is -1.27. The van der Waals surface area contributed by atoms with Crippen LogP contribution in [0.3, 0.4) is 0 Å². The molecule has 1 aromatic rings. The largest absolute Gasteiger partial charge is 0.381 e. The zero-order valence-electron chi connectivity index (χ0n) is 13.4. The third-order valence-corrected chi connectivity index (χ3v) is 4.51. The molecule has 0 unspecified atom stereocenters. The van der Waals surface area contributed by atoms with Crippen LogP contribution in [-0.4, -0.2) is 42.9 Å². The fourth-order valence-electron chi connectivity index (χ4n) is 3.19. The quantitative estimate of drug-likeness (QED) is 0.449. The summed E-state index contributed by atoms with van der Waals surface area (Å²) in [7, 11) is 0. The number of hydrogen-bond acceptors (Lipinski definition) is 6. The summed E-state index contributed by atoms with van der Waals surface area (Å²) >= 11 is 0. The SMILES string of the molecule is O=C(CCn1cnc([N+](=O)[O-])c1)NN1C(=O)NC2(CCCCC2)C1=O. The summed E-state index contributed by atoms with van der Waals surface area (Å²) in [5, 5.41) is 14.0. The van der Waals surface area contributed by atoms with Gasteiger partial charge in [-0.2, -0.15) is 5.01 Å². The molecule has 2 aliphatic rings. The van der Waals surface area contributed by atoms with Crippen LogP contribution in [0, 0.1) is 10.1 Å². The summed E-state index contributed by atoms with van der Waals surface area (Å²) in [6, 6.07) is -0.626. The van der Waals surface area contributed by atoms with Gasteiger partial charge in [-0.3, -0.25) is 15.0 Å². The van der Waals surface area contributed by atoms with E-state index in [1.54, 1.807) is 0 Å². The van der Waals surface area contributed by atoms with Gasteiger partial charge in [0, 0.05) is 13.0 Å². The first-order valence-corrected chi connectivity index (χ1v) is 8.04. The second-order valence-corrected chi connectivity index (χ2v) is 6.23. The molecule has 0 radical (unpaired) electrons. The fraction of sp³-hybridized carbons (Fsp3) is 0.571. The van der Waals surface area contributed by atoms with Crippen LogP contribution in [0.5, 0.6) is 0 Å². The Balaban J connectivity index is 1.56. The summed E-state index contributed by atoms with van der Waals surface area (Å²) < 4.78 is 1.40. The lowest BCUT2D eigenvalue weighted by Crippen LogP contribution is -2.51. The van der Waals surface area contributed by atoms with E-state index < -0.39 is 28.3 Å². The average molecular weight is 350 g/mol. The van der Waals surface area contributed by atoms with Crippen LogP contribution < -0.4 is 10.7 Å². The molecule has 1 aliphatic heterocycles. The highest BCUT2D eigenvalue weighted by molar-refractivity contribution is 6.07. The van der Waals surface area contributed by atoms with E-state index in [1.807, 2.05) is 0 Å². The van der Waals surface area contributed by atoms with Crippen molar-refractivity contribution in [1.29, 1.82) is 0 Å². The van der Waals surface area contributed by atoms with E-state index in [-0.39, 0.29) is 18.8 Å². The Kier molecular flexibility index (Phi) is 4.38. The lowest BCUT2D eigenvalue weighted by molar-refractivity contribution is -0.389. The number of aromatic nitrogens is 2. The third-order valence-electron chi connectivity index (χ3n) is 4.51. The van der Waals surface area contributed by atoms with Gasteiger partial charge in [0.25, 0.3) is 5.91 Å².